The van der Waals surface area contributed by atoms with E-state index in [1.165, 1.54) is 0 Å². The molecule has 26 heavy (non-hydrogen) atoms. The molecule has 0 bridgehead atoms. The first-order valence-electron chi connectivity index (χ1n) is 8.21. The Morgan fingerprint density at radius 2 is 1.62 bits per heavy atom. The molecular formula is C21H17ClN2O2. The SMILES string of the molecule is O=C(CCNc1ccc(C(=O)c2ccncc2)cc1Cl)c1ccccc1. The summed E-state index contributed by atoms with van der Waals surface area (Å²) in [5.74, 6) is -0.0428. The van der Waals surface area contributed by atoms with Gasteiger partial charge in [0.15, 0.2) is 11.6 Å². The number of aromatic nitrogens is 1. The summed E-state index contributed by atoms with van der Waals surface area (Å²) in [6, 6.07) is 17.6. The van der Waals surface area contributed by atoms with Gasteiger partial charge in [-0.05, 0) is 30.3 Å². The highest BCUT2D eigenvalue weighted by atomic mass is 35.5. The van der Waals surface area contributed by atoms with Crippen LogP contribution in [0.4, 0.5) is 5.69 Å². The molecule has 4 nitrogen and oxygen atoms in total. The van der Waals surface area contributed by atoms with E-state index in [0.717, 1.165) is 0 Å². The monoisotopic (exact) mass is 364 g/mol. The molecule has 3 aromatic rings. The minimum Gasteiger partial charge on any atom is -0.383 e. The van der Waals surface area contributed by atoms with Gasteiger partial charge < -0.3 is 5.32 Å². The van der Waals surface area contributed by atoms with E-state index < -0.39 is 0 Å². The van der Waals surface area contributed by atoms with Crippen LogP contribution in [0.5, 0.6) is 0 Å². The van der Waals surface area contributed by atoms with Gasteiger partial charge in [-0.15, -0.1) is 0 Å². The fourth-order valence-corrected chi connectivity index (χ4v) is 2.80. The number of hydrogen-bond acceptors (Lipinski definition) is 4. The van der Waals surface area contributed by atoms with Crippen molar-refractivity contribution in [3.8, 4) is 0 Å². The number of ketones is 2. The summed E-state index contributed by atoms with van der Waals surface area (Å²) in [6.07, 6.45) is 3.51. The van der Waals surface area contributed by atoms with Gasteiger partial charge in [0, 0.05) is 42.0 Å². The highest BCUT2D eigenvalue weighted by Gasteiger charge is 2.11. The molecule has 0 aliphatic rings. The Hall–Kier alpha value is -2.98. The van der Waals surface area contributed by atoms with Crippen LogP contribution in [0.1, 0.15) is 32.7 Å². The molecule has 0 amide bonds. The molecule has 0 saturated heterocycles. The lowest BCUT2D eigenvalue weighted by molar-refractivity contribution is 0.0985. The molecule has 1 N–H and O–H groups in total. The van der Waals surface area contributed by atoms with Crippen LogP contribution in [0.15, 0.2) is 73.1 Å². The Labute approximate surface area is 156 Å². The third kappa shape index (κ3) is 4.35. The van der Waals surface area contributed by atoms with Gasteiger partial charge in [-0.2, -0.15) is 0 Å². The molecule has 1 aromatic heterocycles. The predicted molar refractivity (Wildman–Crippen MR) is 103 cm³/mol. The average Bonchev–Trinajstić information content (AvgIpc) is 2.70. The summed E-state index contributed by atoms with van der Waals surface area (Å²) in [7, 11) is 0. The van der Waals surface area contributed by atoms with Crippen molar-refractivity contribution in [2.45, 2.75) is 6.42 Å². The second-order valence-electron chi connectivity index (χ2n) is 5.73. The van der Waals surface area contributed by atoms with Crippen molar-refractivity contribution in [1.29, 1.82) is 0 Å². The van der Waals surface area contributed by atoms with E-state index in [9.17, 15) is 9.59 Å². The Bertz CT molecular complexity index is 912. The summed E-state index contributed by atoms with van der Waals surface area (Å²) in [6.45, 7) is 0.463. The highest BCUT2D eigenvalue weighted by molar-refractivity contribution is 6.33. The first-order valence-corrected chi connectivity index (χ1v) is 8.59. The third-order valence-electron chi connectivity index (χ3n) is 3.94. The molecule has 0 atom stereocenters. The van der Waals surface area contributed by atoms with Gasteiger partial charge in [-0.1, -0.05) is 41.9 Å². The smallest absolute Gasteiger partial charge is 0.193 e. The number of benzene rings is 2. The molecule has 5 heteroatoms. The molecule has 0 aliphatic carbocycles. The lowest BCUT2D eigenvalue weighted by atomic mass is 10.0. The number of halogens is 1. The number of carbonyl (C=O) groups excluding carboxylic acids is 2. The summed E-state index contributed by atoms with van der Waals surface area (Å²) < 4.78 is 0. The molecule has 0 spiro atoms. The largest absolute Gasteiger partial charge is 0.383 e. The minimum atomic E-state index is -0.111. The van der Waals surface area contributed by atoms with Gasteiger partial charge in [0.2, 0.25) is 0 Å². The lowest BCUT2D eigenvalue weighted by Gasteiger charge is -2.10. The number of nitrogens with one attached hydrogen (secondary N) is 1. The quantitative estimate of drug-likeness (QED) is 0.620. The van der Waals surface area contributed by atoms with Gasteiger partial charge in [0.25, 0.3) is 0 Å². The van der Waals surface area contributed by atoms with E-state index in [1.807, 2.05) is 18.2 Å². The van der Waals surface area contributed by atoms with Crippen LogP contribution >= 0.6 is 11.6 Å². The fraction of sp³-hybridized carbons (Fsp3) is 0.0952. The molecule has 1 heterocycles. The van der Waals surface area contributed by atoms with Crippen molar-refractivity contribution in [3.05, 3.63) is 94.8 Å². The lowest BCUT2D eigenvalue weighted by Crippen LogP contribution is -2.09. The van der Waals surface area contributed by atoms with Gasteiger partial charge in [0.1, 0.15) is 0 Å². The summed E-state index contributed by atoms with van der Waals surface area (Å²) in [4.78, 5) is 28.4. The zero-order valence-corrected chi connectivity index (χ0v) is 14.7. The minimum absolute atomic E-state index is 0.0682. The zero-order chi connectivity index (χ0) is 18.4. The first-order chi connectivity index (χ1) is 12.6. The van der Waals surface area contributed by atoms with E-state index in [1.54, 1.807) is 54.9 Å². The van der Waals surface area contributed by atoms with Crippen LogP contribution < -0.4 is 5.32 Å². The zero-order valence-electron chi connectivity index (χ0n) is 14.0. The number of carbonyl (C=O) groups is 2. The Morgan fingerprint density at radius 3 is 2.31 bits per heavy atom. The summed E-state index contributed by atoms with van der Waals surface area (Å²) in [5, 5.41) is 3.59. The summed E-state index contributed by atoms with van der Waals surface area (Å²) >= 11 is 6.28. The van der Waals surface area contributed by atoms with Crippen molar-refractivity contribution in [2.75, 3.05) is 11.9 Å². The fourth-order valence-electron chi connectivity index (χ4n) is 2.55. The Balaban J connectivity index is 1.61. The number of hydrogen-bond donors (Lipinski definition) is 1. The van der Waals surface area contributed by atoms with E-state index in [0.29, 0.717) is 40.4 Å². The Kier molecular flexibility index (Phi) is 5.77. The molecular weight excluding hydrogens is 348 g/mol. The van der Waals surface area contributed by atoms with Crippen LogP contribution in [-0.4, -0.2) is 23.1 Å². The molecule has 0 radical (unpaired) electrons. The van der Waals surface area contributed by atoms with E-state index >= 15 is 0 Å². The van der Waals surface area contributed by atoms with Crippen molar-refractivity contribution in [2.24, 2.45) is 0 Å². The topological polar surface area (TPSA) is 59.1 Å². The van der Waals surface area contributed by atoms with Gasteiger partial charge >= 0.3 is 0 Å². The first kappa shape index (κ1) is 17.8. The summed E-state index contributed by atoms with van der Waals surface area (Å²) in [5.41, 5.74) is 2.45. The molecule has 0 saturated carbocycles. The maximum absolute atomic E-state index is 12.4. The van der Waals surface area contributed by atoms with Crippen LogP contribution in [0, 0.1) is 0 Å². The van der Waals surface area contributed by atoms with Crippen molar-refractivity contribution in [1.82, 2.24) is 4.98 Å². The van der Waals surface area contributed by atoms with Gasteiger partial charge in [-0.3, -0.25) is 14.6 Å². The van der Waals surface area contributed by atoms with Crippen LogP contribution in [0.25, 0.3) is 0 Å². The normalized spacial score (nSPS) is 10.3. The van der Waals surface area contributed by atoms with Gasteiger partial charge in [0.05, 0.1) is 10.7 Å². The second-order valence-corrected chi connectivity index (χ2v) is 6.13. The molecule has 0 unspecified atom stereocenters. The third-order valence-corrected chi connectivity index (χ3v) is 4.25. The maximum atomic E-state index is 12.4. The molecule has 130 valence electrons. The highest BCUT2D eigenvalue weighted by Crippen LogP contribution is 2.24. The average molecular weight is 365 g/mol. The predicted octanol–water partition coefficient (Wildman–Crippen LogP) is 4.65. The number of pyridine rings is 1. The maximum Gasteiger partial charge on any atom is 0.193 e. The number of anilines is 1. The van der Waals surface area contributed by atoms with E-state index in [2.05, 4.69) is 10.3 Å². The molecule has 0 fully saturated rings. The second kappa shape index (κ2) is 8.41. The van der Waals surface area contributed by atoms with Crippen LogP contribution in [0.3, 0.4) is 0 Å². The van der Waals surface area contributed by atoms with Crippen molar-refractivity contribution in [3.63, 3.8) is 0 Å². The molecule has 3 rings (SSSR count). The number of Topliss-reactive ketones (excluding diaryl/α,β-unsaturated/α-hetero) is 1. The van der Waals surface area contributed by atoms with Crippen LogP contribution in [0.2, 0.25) is 5.02 Å². The van der Waals surface area contributed by atoms with E-state index in [-0.39, 0.29) is 11.6 Å². The molecule has 0 aliphatic heterocycles. The standard InChI is InChI=1S/C21H17ClN2O2/c22-18-14-17(21(26)16-8-11-23-12-9-16)6-7-19(18)24-13-10-20(25)15-4-2-1-3-5-15/h1-9,11-12,14,24H,10,13H2. The van der Waals surface area contributed by atoms with Crippen molar-refractivity contribution >= 4 is 28.9 Å². The van der Waals surface area contributed by atoms with Crippen LogP contribution in [-0.2, 0) is 0 Å². The number of nitrogens with zero attached hydrogens (tertiary/aromatic N) is 1. The van der Waals surface area contributed by atoms with Crippen molar-refractivity contribution < 1.29 is 9.59 Å². The van der Waals surface area contributed by atoms with E-state index in [4.69, 9.17) is 11.6 Å². The molecule has 2 aromatic carbocycles. The van der Waals surface area contributed by atoms with Gasteiger partial charge in [-0.25, -0.2) is 0 Å². The Morgan fingerprint density at radius 1 is 0.885 bits per heavy atom. The number of rotatable bonds is 7.